The van der Waals surface area contributed by atoms with E-state index in [2.05, 4.69) is 25.2 Å². The lowest BCUT2D eigenvalue weighted by atomic mass is 9.73. The maximum atomic E-state index is 13.8. The van der Waals surface area contributed by atoms with E-state index in [0.29, 0.717) is 17.5 Å². The highest BCUT2D eigenvalue weighted by atomic mass is 19.1. The van der Waals surface area contributed by atoms with E-state index in [4.69, 9.17) is 0 Å². The van der Waals surface area contributed by atoms with Crippen LogP contribution >= 0.6 is 0 Å². The molecule has 3 rings (SSSR count). The smallest absolute Gasteiger partial charge is 0.126 e. The van der Waals surface area contributed by atoms with Crippen LogP contribution in [-0.4, -0.2) is 6.04 Å². The number of hydrogen-bond acceptors (Lipinski definition) is 1. The van der Waals surface area contributed by atoms with Gasteiger partial charge in [0.25, 0.3) is 0 Å². The zero-order valence-corrected chi connectivity index (χ0v) is 12.0. The zero-order valence-electron chi connectivity index (χ0n) is 12.0. The molecule has 0 aromatic heterocycles. The minimum absolute atomic E-state index is 0.0234. The second-order valence-electron chi connectivity index (χ2n) is 6.85. The predicted molar refractivity (Wildman–Crippen MR) is 76.6 cm³/mol. The molecule has 1 aromatic rings. The molecule has 19 heavy (non-hydrogen) atoms. The molecule has 0 spiro atoms. The summed E-state index contributed by atoms with van der Waals surface area (Å²) in [5, 5.41) is 3.82. The first-order chi connectivity index (χ1) is 9.08. The average Bonchev–Trinajstić information content (AvgIpc) is 2.77. The number of rotatable bonds is 2. The predicted octanol–water partition coefficient (Wildman–Crippen LogP) is 4.37. The summed E-state index contributed by atoms with van der Waals surface area (Å²) in [5.41, 5.74) is 2.50. The van der Waals surface area contributed by atoms with Gasteiger partial charge in [-0.3, -0.25) is 0 Å². The highest BCUT2D eigenvalue weighted by Gasteiger charge is 2.35. The second-order valence-corrected chi connectivity index (χ2v) is 6.85. The summed E-state index contributed by atoms with van der Waals surface area (Å²) in [4.78, 5) is 0. The Bertz CT molecular complexity index is 466. The van der Waals surface area contributed by atoms with Crippen molar-refractivity contribution in [3.8, 4) is 0 Å². The van der Waals surface area contributed by atoms with E-state index < -0.39 is 0 Å². The van der Waals surface area contributed by atoms with Gasteiger partial charge in [-0.25, -0.2) is 4.39 Å². The van der Waals surface area contributed by atoms with Crippen molar-refractivity contribution in [2.75, 3.05) is 0 Å². The molecule has 1 nitrogen and oxygen atoms in total. The Kier molecular flexibility index (Phi) is 3.38. The fourth-order valence-corrected chi connectivity index (χ4v) is 3.83. The van der Waals surface area contributed by atoms with Gasteiger partial charge in [0.2, 0.25) is 0 Å². The lowest BCUT2D eigenvalue weighted by Crippen LogP contribution is -2.45. The van der Waals surface area contributed by atoms with Crippen LogP contribution in [0.2, 0.25) is 0 Å². The third-order valence-corrected chi connectivity index (χ3v) is 5.12. The molecule has 1 N–H and O–H groups in total. The van der Waals surface area contributed by atoms with Crippen molar-refractivity contribution in [3.63, 3.8) is 0 Å². The molecule has 1 fully saturated rings. The standard InChI is InChI=1S/C17H24FN/c1-17(2)11-4-3-8-16(17)19-15-10-9-12-13(15)6-5-7-14(12)18/h5-7,15-16,19H,3-4,8-11H2,1-2H3. The zero-order chi connectivity index (χ0) is 13.5. The van der Waals surface area contributed by atoms with Crippen LogP contribution in [0.25, 0.3) is 0 Å². The Morgan fingerprint density at radius 3 is 2.84 bits per heavy atom. The first-order valence-corrected chi connectivity index (χ1v) is 7.61. The molecule has 1 aromatic carbocycles. The van der Waals surface area contributed by atoms with E-state index in [1.165, 1.54) is 31.2 Å². The minimum atomic E-state index is -0.0234. The molecule has 0 heterocycles. The molecule has 2 heteroatoms. The van der Waals surface area contributed by atoms with Gasteiger partial charge in [0.05, 0.1) is 0 Å². The van der Waals surface area contributed by atoms with Crippen LogP contribution in [0.15, 0.2) is 18.2 Å². The Morgan fingerprint density at radius 2 is 2.05 bits per heavy atom. The number of fused-ring (bicyclic) bond motifs is 1. The third-order valence-electron chi connectivity index (χ3n) is 5.12. The summed E-state index contributed by atoms with van der Waals surface area (Å²) in [7, 11) is 0. The summed E-state index contributed by atoms with van der Waals surface area (Å²) in [5.74, 6) is -0.0234. The molecular weight excluding hydrogens is 237 g/mol. The fraction of sp³-hybridized carbons (Fsp3) is 0.647. The maximum absolute atomic E-state index is 13.8. The number of nitrogens with one attached hydrogen (secondary N) is 1. The van der Waals surface area contributed by atoms with Crippen molar-refractivity contribution in [2.24, 2.45) is 5.41 Å². The quantitative estimate of drug-likeness (QED) is 0.833. The van der Waals surface area contributed by atoms with Crippen molar-refractivity contribution in [1.29, 1.82) is 0 Å². The first-order valence-electron chi connectivity index (χ1n) is 7.61. The molecule has 104 valence electrons. The molecular formula is C17H24FN. The van der Waals surface area contributed by atoms with Gasteiger partial charge in [0.15, 0.2) is 0 Å². The maximum Gasteiger partial charge on any atom is 0.126 e. The van der Waals surface area contributed by atoms with Crippen molar-refractivity contribution in [3.05, 3.63) is 35.1 Å². The molecule has 0 saturated heterocycles. The minimum Gasteiger partial charge on any atom is -0.307 e. The molecule has 0 amide bonds. The first kappa shape index (κ1) is 13.1. The van der Waals surface area contributed by atoms with Crippen LogP contribution in [0.5, 0.6) is 0 Å². The van der Waals surface area contributed by atoms with Crippen LogP contribution in [-0.2, 0) is 6.42 Å². The Balaban J connectivity index is 1.78. The molecule has 2 unspecified atom stereocenters. The van der Waals surface area contributed by atoms with Crippen LogP contribution in [0.4, 0.5) is 4.39 Å². The monoisotopic (exact) mass is 261 g/mol. The third kappa shape index (κ3) is 2.43. The van der Waals surface area contributed by atoms with Crippen molar-refractivity contribution in [1.82, 2.24) is 5.32 Å². The van der Waals surface area contributed by atoms with Crippen molar-refractivity contribution < 1.29 is 4.39 Å². The van der Waals surface area contributed by atoms with E-state index in [1.54, 1.807) is 6.07 Å². The van der Waals surface area contributed by atoms with Crippen LogP contribution in [0, 0.1) is 11.2 Å². The Hall–Kier alpha value is -0.890. The Morgan fingerprint density at radius 1 is 1.21 bits per heavy atom. The number of hydrogen-bond donors (Lipinski definition) is 1. The van der Waals surface area contributed by atoms with Gasteiger partial charge in [-0.1, -0.05) is 38.8 Å². The van der Waals surface area contributed by atoms with E-state index in [1.807, 2.05) is 6.07 Å². The van der Waals surface area contributed by atoms with Gasteiger partial charge in [-0.15, -0.1) is 0 Å². The molecule has 0 bridgehead atoms. The highest BCUT2D eigenvalue weighted by Crippen LogP contribution is 2.39. The molecule has 0 radical (unpaired) electrons. The molecule has 1 saturated carbocycles. The SMILES string of the molecule is CC1(C)CCCCC1NC1CCc2c(F)cccc21. The van der Waals surface area contributed by atoms with Crippen LogP contribution in [0.3, 0.4) is 0 Å². The molecule has 2 atom stereocenters. The molecule has 2 aliphatic carbocycles. The van der Waals surface area contributed by atoms with Crippen molar-refractivity contribution in [2.45, 2.75) is 64.5 Å². The van der Waals surface area contributed by atoms with E-state index in [-0.39, 0.29) is 5.82 Å². The summed E-state index contributed by atoms with van der Waals surface area (Å²) in [6.45, 7) is 4.73. The summed E-state index contributed by atoms with van der Waals surface area (Å²) in [6.07, 6.45) is 7.15. The highest BCUT2D eigenvalue weighted by molar-refractivity contribution is 5.35. The van der Waals surface area contributed by atoms with Gasteiger partial charge < -0.3 is 5.32 Å². The number of halogens is 1. The van der Waals surface area contributed by atoms with Gasteiger partial charge in [0, 0.05) is 12.1 Å². The summed E-state index contributed by atoms with van der Waals surface area (Å²) in [6, 6.07) is 6.46. The normalized spacial score (nSPS) is 29.2. The largest absolute Gasteiger partial charge is 0.307 e. The van der Waals surface area contributed by atoms with Gasteiger partial charge >= 0.3 is 0 Å². The summed E-state index contributed by atoms with van der Waals surface area (Å²) < 4.78 is 13.8. The topological polar surface area (TPSA) is 12.0 Å². The fourth-order valence-electron chi connectivity index (χ4n) is 3.83. The van der Waals surface area contributed by atoms with E-state index in [0.717, 1.165) is 18.4 Å². The lowest BCUT2D eigenvalue weighted by Gasteiger charge is -2.41. The lowest BCUT2D eigenvalue weighted by molar-refractivity contribution is 0.155. The number of benzene rings is 1. The Labute approximate surface area is 115 Å². The van der Waals surface area contributed by atoms with Crippen molar-refractivity contribution >= 4 is 0 Å². The van der Waals surface area contributed by atoms with Gasteiger partial charge in [-0.05, 0) is 48.3 Å². The average molecular weight is 261 g/mol. The van der Waals surface area contributed by atoms with Gasteiger partial charge in [-0.2, -0.15) is 0 Å². The van der Waals surface area contributed by atoms with E-state index >= 15 is 0 Å². The second kappa shape index (κ2) is 4.90. The van der Waals surface area contributed by atoms with Crippen LogP contribution < -0.4 is 5.32 Å². The van der Waals surface area contributed by atoms with E-state index in [9.17, 15) is 4.39 Å². The van der Waals surface area contributed by atoms with Crippen LogP contribution in [0.1, 0.15) is 63.1 Å². The molecule has 2 aliphatic rings. The molecule has 0 aliphatic heterocycles. The van der Waals surface area contributed by atoms with Gasteiger partial charge in [0.1, 0.15) is 5.82 Å². The summed E-state index contributed by atoms with van der Waals surface area (Å²) >= 11 is 0.